The van der Waals surface area contributed by atoms with Gasteiger partial charge in [-0.1, -0.05) is 6.07 Å². The summed E-state index contributed by atoms with van der Waals surface area (Å²) >= 11 is 0. The van der Waals surface area contributed by atoms with E-state index in [9.17, 15) is 14.4 Å². The molecule has 1 aliphatic heterocycles. The number of hydrogen-bond donors (Lipinski definition) is 2. The van der Waals surface area contributed by atoms with E-state index in [-0.39, 0.29) is 18.2 Å². The fourth-order valence-electron chi connectivity index (χ4n) is 2.00. The van der Waals surface area contributed by atoms with E-state index >= 15 is 0 Å². The summed E-state index contributed by atoms with van der Waals surface area (Å²) in [5, 5.41) is 2.57. The monoisotopic (exact) mass is 261 g/mol. The second-order valence-corrected chi connectivity index (χ2v) is 4.54. The van der Waals surface area contributed by atoms with Crippen LogP contribution in [0, 0.1) is 6.92 Å². The van der Waals surface area contributed by atoms with Gasteiger partial charge in [0, 0.05) is 18.3 Å². The molecule has 3 N–H and O–H groups in total. The fourth-order valence-corrected chi connectivity index (χ4v) is 2.00. The van der Waals surface area contributed by atoms with Crippen molar-refractivity contribution in [2.45, 2.75) is 19.4 Å². The van der Waals surface area contributed by atoms with Crippen molar-refractivity contribution in [2.24, 2.45) is 0 Å². The van der Waals surface area contributed by atoms with Crippen LogP contribution in [0.15, 0.2) is 18.2 Å². The van der Waals surface area contributed by atoms with Crippen LogP contribution in [0.2, 0.25) is 0 Å². The van der Waals surface area contributed by atoms with Crippen molar-refractivity contribution >= 4 is 23.4 Å². The Morgan fingerprint density at radius 3 is 2.68 bits per heavy atom. The van der Waals surface area contributed by atoms with Crippen LogP contribution in [-0.2, 0) is 9.59 Å². The molecule has 0 aliphatic carbocycles. The van der Waals surface area contributed by atoms with Crippen molar-refractivity contribution in [1.82, 2.24) is 10.2 Å². The van der Waals surface area contributed by atoms with Gasteiger partial charge in [-0.3, -0.25) is 19.3 Å². The number of likely N-dealkylation sites (tertiary alicyclic amines) is 1. The highest BCUT2D eigenvalue weighted by atomic mass is 16.2. The lowest BCUT2D eigenvalue weighted by molar-refractivity contribution is -0.137. The number of imide groups is 1. The standard InChI is InChI=1S/C13H15N3O3/c1-7-8(4-3-5-9(7)14)12(18)15-10-6-11(17)16(2)13(10)19/h3-5,10H,6,14H2,1-2H3,(H,15,18). The van der Waals surface area contributed by atoms with E-state index < -0.39 is 11.9 Å². The summed E-state index contributed by atoms with van der Waals surface area (Å²) in [6, 6.07) is 4.21. The van der Waals surface area contributed by atoms with Gasteiger partial charge in [-0.15, -0.1) is 0 Å². The summed E-state index contributed by atoms with van der Waals surface area (Å²) in [7, 11) is 1.41. The number of carbonyl (C=O) groups is 3. The molecular formula is C13H15N3O3. The van der Waals surface area contributed by atoms with Gasteiger partial charge in [0.1, 0.15) is 6.04 Å². The molecule has 0 saturated carbocycles. The van der Waals surface area contributed by atoms with Crippen molar-refractivity contribution in [3.63, 3.8) is 0 Å². The molecule has 2 rings (SSSR count). The van der Waals surface area contributed by atoms with E-state index in [0.717, 1.165) is 4.90 Å². The molecule has 0 spiro atoms. The Labute approximate surface area is 110 Å². The number of nitrogens with zero attached hydrogens (tertiary/aromatic N) is 1. The molecule has 1 saturated heterocycles. The van der Waals surface area contributed by atoms with Crippen molar-refractivity contribution in [1.29, 1.82) is 0 Å². The smallest absolute Gasteiger partial charge is 0.252 e. The lowest BCUT2D eigenvalue weighted by atomic mass is 10.1. The Morgan fingerprint density at radius 2 is 2.11 bits per heavy atom. The van der Waals surface area contributed by atoms with Crippen molar-refractivity contribution < 1.29 is 14.4 Å². The van der Waals surface area contributed by atoms with E-state index in [1.807, 2.05) is 0 Å². The zero-order valence-corrected chi connectivity index (χ0v) is 10.8. The number of likely N-dealkylation sites (N-methyl/N-ethyl adjacent to an activating group) is 1. The van der Waals surface area contributed by atoms with Gasteiger partial charge >= 0.3 is 0 Å². The van der Waals surface area contributed by atoms with E-state index in [0.29, 0.717) is 16.8 Å². The minimum atomic E-state index is -0.786. The van der Waals surface area contributed by atoms with Crippen LogP contribution in [0.3, 0.4) is 0 Å². The van der Waals surface area contributed by atoms with Crippen LogP contribution in [0.25, 0.3) is 0 Å². The molecule has 1 aromatic carbocycles. The minimum absolute atomic E-state index is 0.00242. The topological polar surface area (TPSA) is 92.5 Å². The molecule has 1 atom stereocenters. The average Bonchev–Trinajstić information content (AvgIpc) is 2.60. The van der Waals surface area contributed by atoms with Gasteiger partial charge in [0.05, 0.1) is 6.42 Å². The zero-order valence-electron chi connectivity index (χ0n) is 10.8. The first-order valence-corrected chi connectivity index (χ1v) is 5.88. The molecule has 1 fully saturated rings. The summed E-state index contributed by atoms with van der Waals surface area (Å²) in [5.41, 5.74) is 7.31. The predicted molar refractivity (Wildman–Crippen MR) is 69.2 cm³/mol. The number of anilines is 1. The Bertz CT molecular complexity index is 568. The largest absolute Gasteiger partial charge is 0.398 e. The summed E-state index contributed by atoms with van der Waals surface area (Å²) in [6.07, 6.45) is 0.00242. The fraction of sp³-hybridized carbons (Fsp3) is 0.308. The third kappa shape index (κ3) is 2.29. The molecule has 100 valence electrons. The second-order valence-electron chi connectivity index (χ2n) is 4.54. The minimum Gasteiger partial charge on any atom is -0.398 e. The van der Waals surface area contributed by atoms with Crippen LogP contribution in [0.1, 0.15) is 22.3 Å². The van der Waals surface area contributed by atoms with Crippen molar-refractivity contribution in [3.05, 3.63) is 29.3 Å². The van der Waals surface area contributed by atoms with Crippen LogP contribution < -0.4 is 11.1 Å². The Morgan fingerprint density at radius 1 is 1.42 bits per heavy atom. The molecule has 0 bridgehead atoms. The summed E-state index contributed by atoms with van der Waals surface area (Å²) in [6.45, 7) is 1.73. The number of nitrogens with two attached hydrogens (primary N) is 1. The van der Waals surface area contributed by atoms with Crippen LogP contribution >= 0.6 is 0 Å². The maximum Gasteiger partial charge on any atom is 0.252 e. The number of nitrogens with one attached hydrogen (secondary N) is 1. The zero-order chi connectivity index (χ0) is 14.2. The highest BCUT2D eigenvalue weighted by Crippen LogP contribution is 2.17. The van der Waals surface area contributed by atoms with E-state index in [1.165, 1.54) is 7.05 Å². The number of nitrogen functional groups attached to an aromatic ring is 1. The number of benzene rings is 1. The molecule has 0 aromatic heterocycles. The molecule has 1 unspecified atom stereocenters. The Balaban J connectivity index is 2.16. The molecule has 0 radical (unpaired) electrons. The first-order chi connectivity index (χ1) is 8.91. The molecule has 3 amide bonds. The average molecular weight is 261 g/mol. The van der Waals surface area contributed by atoms with Gasteiger partial charge in [-0.2, -0.15) is 0 Å². The molecule has 1 heterocycles. The van der Waals surface area contributed by atoms with Gasteiger partial charge in [-0.05, 0) is 24.6 Å². The van der Waals surface area contributed by atoms with E-state index in [2.05, 4.69) is 5.32 Å². The van der Waals surface area contributed by atoms with E-state index in [4.69, 9.17) is 5.73 Å². The summed E-state index contributed by atoms with van der Waals surface area (Å²) < 4.78 is 0. The number of carbonyl (C=O) groups excluding carboxylic acids is 3. The van der Waals surface area contributed by atoms with Crippen LogP contribution in [0.4, 0.5) is 5.69 Å². The molecule has 1 aromatic rings. The lowest BCUT2D eigenvalue weighted by Crippen LogP contribution is -2.40. The third-order valence-electron chi connectivity index (χ3n) is 3.31. The molecule has 6 heteroatoms. The maximum atomic E-state index is 12.1. The lowest BCUT2D eigenvalue weighted by Gasteiger charge is -2.13. The normalized spacial score (nSPS) is 18.8. The SMILES string of the molecule is Cc1c(N)cccc1C(=O)NC1CC(=O)N(C)C1=O. The maximum absolute atomic E-state index is 12.1. The summed E-state index contributed by atoms with van der Waals surface area (Å²) in [4.78, 5) is 36.2. The first-order valence-electron chi connectivity index (χ1n) is 5.88. The van der Waals surface area contributed by atoms with Gasteiger partial charge in [-0.25, -0.2) is 0 Å². The quantitative estimate of drug-likeness (QED) is 0.582. The predicted octanol–water partition coefficient (Wildman–Crippen LogP) is 0.0643. The highest BCUT2D eigenvalue weighted by Gasteiger charge is 2.37. The number of amides is 3. The van der Waals surface area contributed by atoms with Crippen molar-refractivity contribution in [2.75, 3.05) is 12.8 Å². The molecular weight excluding hydrogens is 246 g/mol. The number of rotatable bonds is 2. The van der Waals surface area contributed by atoms with Gasteiger partial charge < -0.3 is 11.1 Å². The highest BCUT2D eigenvalue weighted by molar-refractivity contribution is 6.08. The number of hydrogen-bond acceptors (Lipinski definition) is 4. The Kier molecular flexibility index (Phi) is 3.25. The van der Waals surface area contributed by atoms with Crippen molar-refractivity contribution in [3.8, 4) is 0 Å². The van der Waals surface area contributed by atoms with Gasteiger partial charge in [0.15, 0.2) is 0 Å². The van der Waals surface area contributed by atoms with Crippen LogP contribution in [-0.4, -0.2) is 35.7 Å². The molecule has 6 nitrogen and oxygen atoms in total. The first kappa shape index (κ1) is 13.1. The van der Waals surface area contributed by atoms with Gasteiger partial charge in [0.2, 0.25) is 5.91 Å². The molecule has 1 aliphatic rings. The molecule has 19 heavy (non-hydrogen) atoms. The second kappa shape index (κ2) is 4.72. The van der Waals surface area contributed by atoms with E-state index in [1.54, 1.807) is 25.1 Å². The summed E-state index contributed by atoms with van der Waals surface area (Å²) in [5.74, 6) is -1.08. The van der Waals surface area contributed by atoms with Crippen LogP contribution in [0.5, 0.6) is 0 Å². The Hall–Kier alpha value is -2.37. The van der Waals surface area contributed by atoms with Gasteiger partial charge in [0.25, 0.3) is 11.8 Å². The third-order valence-corrected chi connectivity index (χ3v) is 3.31.